The van der Waals surface area contributed by atoms with Crippen LogP contribution in [0.1, 0.15) is 35.4 Å². The van der Waals surface area contributed by atoms with E-state index < -0.39 is 0 Å². The number of unbranched alkanes of at least 4 members (excludes halogenated alkanes) is 1. The summed E-state index contributed by atoms with van der Waals surface area (Å²) in [6.07, 6.45) is 5.72. The minimum absolute atomic E-state index is 0.160. The van der Waals surface area contributed by atoms with E-state index in [2.05, 4.69) is 6.58 Å². The van der Waals surface area contributed by atoms with Gasteiger partial charge in [-0.2, -0.15) is 0 Å². The topological polar surface area (TPSA) is 30.2 Å². The van der Waals surface area contributed by atoms with Crippen molar-refractivity contribution >= 4 is 5.78 Å². The molecule has 1 aromatic heterocycles. The van der Waals surface area contributed by atoms with Crippen LogP contribution in [0.15, 0.2) is 29.4 Å². The number of ketones is 1. The summed E-state index contributed by atoms with van der Waals surface area (Å²) in [7, 11) is 0. The summed E-state index contributed by atoms with van der Waals surface area (Å²) < 4.78 is 5.05. The lowest BCUT2D eigenvalue weighted by Crippen LogP contribution is -1.98. The van der Waals surface area contributed by atoms with Crippen LogP contribution in [-0.4, -0.2) is 5.78 Å². The van der Waals surface area contributed by atoms with Crippen LogP contribution in [0, 0.1) is 6.92 Å². The van der Waals surface area contributed by atoms with E-state index in [0.717, 1.165) is 12.8 Å². The molecular formula is C11H14O2. The van der Waals surface area contributed by atoms with Crippen LogP contribution in [0.25, 0.3) is 0 Å². The Morgan fingerprint density at radius 1 is 1.69 bits per heavy atom. The molecular weight excluding hydrogens is 164 g/mol. The number of carbonyl (C=O) groups is 1. The maximum absolute atomic E-state index is 11.5. The van der Waals surface area contributed by atoms with E-state index in [9.17, 15) is 4.79 Å². The molecule has 1 heterocycles. The second-order valence-electron chi connectivity index (χ2n) is 2.99. The second-order valence-corrected chi connectivity index (χ2v) is 2.99. The van der Waals surface area contributed by atoms with Crippen LogP contribution >= 0.6 is 0 Å². The summed E-state index contributed by atoms with van der Waals surface area (Å²) in [6.45, 7) is 5.41. The SMILES string of the molecule is C=CCCCC(=O)c1ccoc1C. The average molecular weight is 178 g/mol. The highest BCUT2D eigenvalue weighted by molar-refractivity contribution is 5.96. The van der Waals surface area contributed by atoms with Crippen molar-refractivity contribution in [3.05, 3.63) is 36.3 Å². The Kier molecular flexibility index (Phi) is 3.50. The Balaban J connectivity index is 2.49. The third-order valence-electron chi connectivity index (χ3n) is 1.97. The van der Waals surface area contributed by atoms with Crippen molar-refractivity contribution in [2.75, 3.05) is 0 Å². The van der Waals surface area contributed by atoms with Crippen LogP contribution in [0.5, 0.6) is 0 Å². The minimum Gasteiger partial charge on any atom is -0.469 e. The van der Waals surface area contributed by atoms with E-state index in [1.807, 2.05) is 6.08 Å². The molecule has 0 radical (unpaired) electrons. The van der Waals surface area contributed by atoms with Gasteiger partial charge in [0.2, 0.25) is 0 Å². The van der Waals surface area contributed by atoms with Crippen molar-refractivity contribution < 1.29 is 9.21 Å². The van der Waals surface area contributed by atoms with Crippen molar-refractivity contribution in [1.82, 2.24) is 0 Å². The Morgan fingerprint density at radius 2 is 2.46 bits per heavy atom. The molecule has 13 heavy (non-hydrogen) atoms. The summed E-state index contributed by atoms with van der Waals surface area (Å²) in [5, 5.41) is 0. The zero-order chi connectivity index (χ0) is 9.68. The third kappa shape index (κ3) is 2.58. The van der Waals surface area contributed by atoms with E-state index in [-0.39, 0.29) is 5.78 Å². The summed E-state index contributed by atoms with van der Waals surface area (Å²) in [6, 6.07) is 1.73. The van der Waals surface area contributed by atoms with Gasteiger partial charge < -0.3 is 4.42 Å². The smallest absolute Gasteiger partial charge is 0.166 e. The maximum atomic E-state index is 11.5. The predicted molar refractivity (Wildman–Crippen MR) is 51.8 cm³/mol. The molecule has 1 rings (SSSR count). The molecule has 0 aliphatic carbocycles. The third-order valence-corrected chi connectivity index (χ3v) is 1.97. The van der Waals surface area contributed by atoms with E-state index in [1.165, 1.54) is 0 Å². The summed E-state index contributed by atoms with van der Waals surface area (Å²) >= 11 is 0. The zero-order valence-electron chi connectivity index (χ0n) is 7.88. The van der Waals surface area contributed by atoms with Crippen molar-refractivity contribution in [3.8, 4) is 0 Å². The number of Topliss-reactive ketones (excluding diaryl/α,β-unsaturated/α-hetero) is 1. The summed E-state index contributed by atoms with van der Waals surface area (Å²) in [4.78, 5) is 11.5. The maximum Gasteiger partial charge on any atom is 0.166 e. The first-order chi connectivity index (χ1) is 6.25. The van der Waals surface area contributed by atoms with Crippen molar-refractivity contribution in [2.45, 2.75) is 26.2 Å². The van der Waals surface area contributed by atoms with Crippen LogP contribution < -0.4 is 0 Å². The van der Waals surface area contributed by atoms with Gasteiger partial charge in [-0.1, -0.05) is 6.08 Å². The number of hydrogen-bond acceptors (Lipinski definition) is 2. The monoisotopic (exact) mass is 178 g/mol. The molecule has 0 saturated carbocycles. The molecule has 0 aromatic carbocycles. The lowest BCUT2D eigenvalue weighted by atomic mass is 10.1. The second kappa shape index (κ2) is 4.65. The Hall–Kier alpha value is -1.31. The first-order valence-electron chi connectivity index (χ1n) is 4.44. The van der Waals surface area contributed by atoms with Crippen LogP contribution in [0.3, 0.4) is 0 Å². The lowest BCUT2D eigenvalue weighted by Gasteiger charge is -1.96. The van der Waals surface area contributed by atoms with Gasteiger partial charge >= 0.3 is 0 Å². The number of furan rings is 1. The summed E-state index contributed by atoms with van der Waals surface area (Å²) in [5.41, 5.74) is 0.712. The number of hydrogen-bond donors (Lipinski definition) is 0. The molecule has 0 N–H and O–H groups in total. The lowest BCUT2D eigenvalue weighted by molar-refractivity contribution is 0.0979. The molecule has 0 unspecified atom stereocenters. The van der Waals surface area contributed by atoms with Crippen LogP contribution in [0.4, 0.5) is 0 Å². The van der Waals surface area contributed by atoms with E-state index >= 15 is 0 Å². The quantitative estimate of drug-likeness (QED) is 0.394. The molecule has 0 saturated heterocycles. The van der Waals surface area contributed by atoms with Gasteiger partial charge in [0.25, 0.3) is 0 Å². The number of allylic oxidation sites excluding steroid dienone is 1. The van der Waals surface area contributed by atoms with Gasteiger partial charge in [0.15, 0.2) is 5.78 Å². The fourth-order valence-corrected chi connectivity index (χ4v) is 1.22. The van der Waals surface area contributed by atoms with Crippen molar-refractivity contribution in [2.24, 2.45) is 0 Å². The average Bonchev–Trinajstić information content (AvgIpc) is 2.52. The van der Waals surface area contributed by atoms with Crippen LogP contribution in [0.2, 0.25) is 0 Å². The molecule has 0 spiro atoms. The van der Waals surface area contributed by atoms with Crippen LogP contribution in [-0.2, 0) is 0 Å². The molecule has 0 aliphatic heterocycles. The standard InChI is InChI=1S/C11H14O2/c1-3-4-5-6-11(12)10-7-8-13-9(10)2/h3,7-8H,1,4-6H2,2H3. The Bertz CT molecular complexity index is 297. The fourth-order valence-electron chi connectivity index (χ4n) is 1.22. The van der Waals surface area contributed by atoms with Gasteiger partial charge in [-0.3, -0.25) is 4.79 Å². The predicted octanol–water partition coefficient (Wildman–Crippen LogP) is 3.13. The van der Waals surface area contributed by atoms with E-state index in [0.29, 0.717) is 17.7 Å². The van der Waals surface area contributed by atoms with Gasteiger partial charge in [-0.15, -0.1) is 6.58 Å². The highest BCUT2D eigenvalue weighted by atomic mass is 16.3. The Morgan fingerprint density at radius 3 is 3.00 bits per heavy atom. The highest BCUT2D eigenvalue weighted by Crippen LogP contribution is 2.12. The van der Waals surface area contributed by atoms with Crippen molar-refractivity contribution in [1.29, 1.82) is 0 Å². The molecule has 0 amide bonds. The van der Waals surface area contributed by atoms with Gasteiger partial charge in [0.05, 0.1) is 11.8 Å². The summed E-state index contributed by atoms with van der Waals surface area (Å²) in [5.74, 6) is 0.872. The first-order valence-corrected chi connectivity index (χ1v) is 4.44. The first kappa shape index (κ1) is 9.78. The van der Waals surface area contributed by atoms with Gasteiger partial charge in [-0.25, -0.2) is 0 Å². The van der Waals surface area contributed by atoms with Gasteiger partial charge in [-0.05, 0) is 25.8 Å². The fraction of sp³-hybridized carbons (Fsp3) is 0.364. The number of rotatable bonds is 5. The van der Waals surface area contributed by atoms with Crippen molar-refractivity contribution in [3.63, 3.8) is 0 Å². The minimum atomic E-state index is 0.160. The molecule has 1 aromatic rings. The van der Waals surface area contributed by atoms with Gasteiger partial charge in [0, 0.05) is 6.42 Å². The largest absolute Gasteiger partial charge is 0.469 e. The molecule has 0 bridgehead atoms. The molecule has 0 atom stereocenters. The van der Waals surface area contributed by atoms with E-state index in [1.54, 1.807) is 19.3 Å². The normalized spacial score (nSPS) is 9.92. The zero-order valence-corrected chi connectivity index (χ0v) is 7.88. The van der Waals surface area contributed by atoms with Gasteiger partial charge in [0.1, 0.15) is 5.76 Å². The highest BCUT2D eigenvalue weighted by Gasteiger charge is 2.09. The molecule has 2 nitrogen and oxygen atoms in total. The van der Waals surface area contributed by atoms with E-state index in [4.69, 9.17) is 4.42 Å². The molecule has 0 fully saturated rings. The Labute approximate surface area is 78.3 Å². The number of aryl methyl sites for hydroxylation is 1. The number of carbonyl (C=O) groups excluding carboxylic acids is 1. The molecule has 0 aliphatic rings. The molecule has 2 heteroatoms. The molecule has 70 valence electrons.